The van der Waals surface area contributed by atoms with Crippen LogP contribution in [0.3, 0.4) is 0 Å². The maximum Gasteiger partial charge on any atom is 0.146 e. The minimum atomic E-state index is 0.251. The summed E-state index contributed by atoms with van der Waals surface area (Å²) < 4.78 is 0. The number of aldehydes is 1. The summed E-state index contributed by atoms with van der Waals surface area (Å²) in [5.41, 5.74) is 1.84. The van der Waals surface area contributed by atoms with Crippen molar-refractivity contribution in [3.63, 3.8) is 0 Å². The highest BCUT2D eigenvalue weighted by molar-refractivity contribution is 5.83. The quantitative estimate of drug-likeness (QED) is 0.584. The molecule has 14 heavy (non-hydrogen) atoms. The lowest BCUT2D eigenvalue weighted by atomic mass is 10.1. The van der Waals surface area contributed by atoms with Gasteiger partial charge in [0.25, 0.3) is 0 Å². The highest BCUT2D eigenvalue weighted by Gasteiger charge is 2.25. The van der Waals surface area contributed by atoms with Crippen molar-refractivity contribution < 1.29 is 9.90 Å². The number of phenols is 1. The molecule has 1 aromatic carbocycles. The van der Waals surface area contributed by atoms with Gasteiger partial charge in [-0.2, -0.15) is 0 Å². The molecule has 72 valence electrons. The number of aromatic hydroxyl groups is 1. The van der Waals surface area contributed by atoms with E-state index < -0.39 is 0 Å². The fraction of sp³-hybridized carbons (Fsp3) is 0.250. The average Bonchev–Trinajstić information content (AvgIpc) is 3.01. The van der Waals surface area contributed by atoms with Crippen molar-refractivity contribution in [2.45, 2.75) is 12.8 Å². The first-order valence-corrected chi connectivity index (χ1v) is 4.75. The SMILES string of the molecule is O=C/C(=C\c1ccc(O)cc1)C1CC1. The van der Waals surface area contributed by atoms with Gasteiger partial charge in [0, 0.05) is 0 Å². The Morgan fingerprint density at radius 3 is 2.43 bits per heavy atom. The number of carbonyl (C=O) groups excluding carboxylic acids is 1. The van der Waals surface area contributed by atoms with Crippen molar-refractivity contribution in [3.8, 4) is 5.75 Å². The molecule has 1 aliphatic rings. The summed E-state index contributed by atoms with van der Waals surface area (Å²) in [6, 6.07) is 6.87. The van der Waals surface area contributed by atoms with Gasteiger partial charge in [-0.15, -0.1) is 0 Å². The molecule has 0 aromatic heterocycles. The number of hydrogen-bond acceptors (Lipinski definition) is 2. The number of carbonyl (C=O) groups is 1. The van der Waals surface area contributed by atoms with Crippen LogP contribution in [0.5, 0.6) is 5.75 Å². The Morgan fingerprint density at radius 1 is 1.29 bits per heavy atom. The Labute approximate surface area is 82.9 Å². The number of allylic oxidation sites excluding steroid dienone is 1. The largest absolute Gasteiger partial charge is 0.508 e. The second-order valence-electron chi connectivity index (χ2n) is 3.63. The Bertz CT molecular complexity index is 358. The molecule has 0 saturated heterocycles. The van der Waals surface area contributed by atoms with E-state index in [1.54, 1.807) is 24.3 Å². The molecular weight excluding hydrogens is 176 g/mol. The van der Waals surface area contributed by atoms with E-state index >= 15 is 0 Å². The maximum absolute atomic E-state index is 10.7. The molecule has 0 spiro atoms. The maximum atomic E-state index is 10.7. The van der Waals surface area contributed by atoms with E-state index in [9.17, 15) is 4.79 Å². The lowest BCUT2D eigenvalue weighted by Gasteiger charge is -1.97. The van der Waals surface area contributed by atoms with Crippen LogP contribution in [0.25, 0.3) is 6.08 Å². The first-order chi connectivity index (χ1) is 6.79. The van der Waals surface area contributed by atoms with Crippen LogP contribution in [0.2, 0.25) is 0 Å². The third kappa shape index (κ3) is 2.02. The van der Waals surface area contributed by atoms with Gasteiger partial charge in [0.2, 0.25) is 0 Å². The van der Waals surface area contributed by atoms with Crippen molar-refractivity contribution in [3.05, 3.63) is 35.4 Å². The van der Waals surface area contributed by atoms with Crippen molar-refractivity contribution in [1.29, 1.82) is 0 Å². The zero-order valence-electron chi connectivity index (χ0n) is 7.81. The van der Waals surface area contributed by atoms with E-state index in [0.29, 0.717) is 5.92 Å². The van der Waals surface area contributed by atoms with E-state index in [4.69, 9.17) is 5.11 Å². The Morgan fingerprint density at radius 2 is 1.93 bits per heavy atom. The molecule has 1 aromatic rings. The van der Waals surface area contributed by atoms with Gasteiger partial charge in [-0.25, -0.2) is 0 Å². The van der Waals surface area contributed by atoms with Gasteiger partial charge in [0.05, 0.1) is 0 Å². The number of benzene rings is 1. The lowest BCUT2D eigenvalue weighted by Crippen LogP contribution is -1.86. The molecule has 0 amide bonds. The molecule has 2 rings (SSSR count). The highest BCUT2D eigenvalue weighted by atomic mass is 16.3. The number of hydrogen-bond donors (Lipinski definition) is 1. The molecule has 0 bridgehead atoms. The van der Waals surface area contributed by atoms with E-state index in [-0.39, 0.29) is 5.75 Å². The van der Waals surface area contributed by atoms with Crippen molar-refractivity contribution in [2.24, 2.45) is 5.92 Å². The second-order valence-corrected chi connectivity index (χ2v) is 3.63. The fourth-order valence-corrected chi connectivity index (χ4v) is 1.43. The Hall–Kier alpha value is -1.57. The standard InChI is InChI=1S/C12H12O2/c13-8-11(10-3-4-10)7-9-1-5-12(14)6-2-9/h1-2,5-8,10,14H,3-4H2/b11-7+. The third-order valence-electron chi connectivity index (χ3n) is 2.41. The van der Waals surface area contributed by atoms with E-state index in [1.807, 2.05) is 6.08 Å². The zero-order valence-corrected chi connectivity index (χ0v) is 7.81. The van der Waals surface area contributed by atoms with Gasteiger partial charge in [-0.05, 0) is 48.1 Å². The molecular formula is C12H12O2. The van der Waals surface area contributed by atoms with Gasteiger partial charge in [-0.1, -0.05) is 12.1 Å². The predicted octanol–water partition coefficient (Wildman–Crippen LogP) is 2.38. The highest BCUT2D eigenvalue weighted by Crippen LogP contribution is 2.36. The summed E-state index contributed by atoms with van der Waals surface area (Å²) >= 11 is 0. The summed E-state index contributed by atoms with van der Waals surface area (Å²) in [4.78, 5) is 10.7. The van der Waals surface area contributed by atoms with E-state index in [2.05, 4.69) is 0 Å². The second kappa shape index (κ2) is 3.66. The van der Waals surface area contributed by atoms with Crippen molar-refractivity contribution in [1.82, 2.24) is 0 Å². The minimum absolute atomic E-state index is 0.251. The first-order valence-electron chi connectivity index (χ1n) is 4.75. The molecule has 2 nitrogen and oxygen atoms in total. The third-order valence-corrected chi connectivity index (χ3v) is 2.41. The summed E-state index contributed by atoms with van der Waals surface area (Å²) in [5, 5.41) is 9.08. The molecule has 0 aliphatic heterocycles. The van der Waals surface area contributed by atoms with Gasteiger partial charge >= 0.3 is 0 Å². The fourth-order valence-electron chi connectivity index (χ4n) is 1.43. The molecule has 1 aliphatic carbocycles. The van der Waals surface area contributed by atoms with Gasteiger partial charge in [-0.3, -0.25) is 4.79 Å². The van der Waals surface area contributed by atoms with Gasteiger partial charge < -0.3 is 5.11 Å². The Balaban J connectivity index is 2.21. The Kier molecular flexibility index (Phi) is 2.35. The summed E-state index contributed by atoms with van der Waals surface area (Å²) in [6.45, 7) is 0. The zero-order chi connectivity index (χ0) is 9.97. The molecule has 0 heterocycles. The molecule has 0 unspecified atom stereocenters. The first kappa shape index (κ1) is 9.00. The summed E-state index contributed by atoms with van der Waals surface area (Å²) in [5.74, 6) is 0.725. The molecule has 2 heteroatoms. The normalized spacial score (nSPS) is 16.7. The lowest BCUT2D eigenvalue weighted by molar-refractivity contribution is -0.105. The predicted molar refractivity (Wildman–Crippen MR) is 54.9 cm³/mol. The van der Waals surface area contributed by atoms with Crippen LogP contribution in [0, 0.1) is 5.92 Å². The summed E-state index contributed by atoms with van der Waals surface area (Å²) in [7, 11) is 0. The van der Waals surface area contributed by atoms with Gasteiger partial charge in [0.1, 0.15) is 12.0 Å². The van der Waals surface area contributed by atoms with Crippen LogP contribution in [0.15, 0.2) is 29.8 Å². The van der Waals surface area contributed by atoms with Crippen molar-refractivity contribution in [2.75, 3.05) is 0 Å². The van der Waals surface area contributed by atoms with E-state index in [1.165, 1.54) is 0 Å². The van der Waals surface area contributed by atoms with Crippen LogP contribution < -0.4 is 0 Å². The minimum Gasteiger partial charge on any atom is -0.508 e. The molecule has 0 radical (unpaired) electrons. The molecule has 1 fully saturated rings. The molecule has 1 N–H and O–H groups in total. The van der Waals surface area contributed by atoms with Crippen LogP contribution in [0.4, 0.5) is 0 Å². The van der Waals surface area contributed by atoms with Crippen LogP contribution in [0.1, 0.15) is 18.4 Å². The van der Waals surface area contributed by atoms with Crippen LogP contribution >= 0.6 is 0 Å². The monoisotopic (exact) mass is 188 g/mol. The number of phenolic OH excluding ortho intramolecular Hbond substituents is 1. The molecule has 1 saturated carbocycles. The van der Waals surface area contributed by atoms with Gasteiger partial charge in [0.15, 0.2) is 0 Å². The summed E-state index contributed by atoms with van der Waals surface area (Å²) in [6.07, 6.45) is 5.08. The topological polar surface area (TPSA) is 37.3 Å². The van der Waals surface area contributed by atoms with Crippen LogP contribution in [-0.2, 0) is 4.79 Å². The molecule has 0 atom stereocenters. The average molecular weight is 188 g/mol. The van der Waals surface area contributed by atoms with Crippen LogP contribution in [-0.4, -0.2) is 11.4 Å². The smallest absolute Gasteiger partial charge is 0.146 e. The van der Waals surface area contributed by atoms with Crippen molar-refractivity contribution >= 4 is 12.4 Å². The number of rotatable bonds is 3. The van der Waals surface area contributed by atoms with E-state index in [0.717, 1.165) is 30.3 Å².